The summed E-state index contributed by atoms with van der Waals surface area (Å²) >= 11 is 0. The standard InChI is InChI=1S/C28H36N4O3/c1-20(2)34-25-11-9-22(10-12-25)7-5-15-29-28(33)23-13-16-32(17-14-23)19-26-30-27(31-35-26)24-8-4-6-21(3)18-24/h4,6,8-12,18,20,23H,5,7,13-17,19H2,1-3H3,(H,29,33). The Kier molecular flexibility index (Phi) is 8.53. The number of benzene rings is 2. The van der Waals surface area contributed by atoms with Gasteiger partial charge in [0.2, 0.25) is 17.6 Å². The van der Waals surface area contributed by atoms with Gasteiger partial charge in [0, 0.05) is 18.0 Å². The van der Waals surface area contributed by atoms with E-state index < -0.39 is 0 Å². The molecule has 7 heteroatoms. The first-order valence-corrected chi connectivity index (χ1v) is 12.6. The first-order chi connectivity index (χ1) is 17.0. The van der Waals surface area contributed by atoms with E-state index in [1.165, 1.54) is 11.1 Å². The number of carbonyl (C=O) groups excluding carboxylic acids is 1. The van der Waals surface area contributed by atoms with E-state index in [1.54, 1.807) is 0 Å². The molecule has 2 heterocycles. The number of hydrogen-bond acceptors (Lipinski definition) is 6. The van der Waals surface area contributed by atoms with Crippen LogP contribution in [-0.4, -0.2) is 46.7 Å². The number of nitrogens with zero attached hydrogens (tertiary/aromatic N) is 3. The fourth-order valence-corrected chi connectivity index (χ4v) is 4.42. The van der Waals surface area contributed by atoms with Crippen molar-refractivity contribution in [3.63, 3.8) is 0 Å². The van der Waals surface area contributed by atoms with Gasteiger partial charge in [0.15, 0.2) is 0 Å². The van der Waals surface area contributed by atoms with Crippen LogP contribution in [0.25, 0.3) is 11.4 Å². The summed E-state index contributed by atoms with van der Waals surface area (Å²) in [5, 5.41) is 7.26. The van der Waals surface area contributed by atoms with E-state index in [4.69, 9.17) is 9.26 Å². The van der Waals surface area contributed by atoms with Crippen molar-refractivity contribution >= 4 is 5.91 Å². The minimum atomic E-state index is 0.0734. The summed E-state index contributed by atoms with van der Waals surface area (Å²) in [6, 6.07) is 16.3. The zero-order chi connectivity index (χ0) is 24.6. The largest absolute Gasteiger partial charge is 0.491 e. The van der Waals surface area contributed by atoms with Gasteiger partial charge < -0.3 is 14.6 Å². The minimum absolute atomic E-state index is 0.0734. The molecule has 35 heavy (non-hydrogen) atoms. The van der Waals surface area contributed by atoms with Gasteiger partial charge in [-0.2, -0.15) is 4.98 Å². The lowest BCUT2D eigenvalue weighted by Gasteiger charge is -2.30. The van der Waals surface area contributed by atoms with Crippen molar-refractivity contribution in [1.82, 2.24) is 20.4 Å². The van der Waals surface area contributed by atoms with E-state index >= 15 is 0 Å². The fourth-order valence-electron chi connectivity index (χ4n) is 4.42. The molecule has 186 valence electrons. The van der Waals surface area contributed by atoms with E-state index in [-0.39, 0.29) is 17.9 Å². The Morgan fingerprint density at radius 1 is 1.17 bits per heavy atom. The first kappa shape index (κ1) is 24.9. The van der Waals surface area contributed by atoms with Crippen molar-refractivity contribution in [2.24, 2.45) is 5.92 Å². The molecule has 1 amide bonds. The Hall–Kier alpha value is -3.19. The van der Waals surface area contributed by atoms with Crippen LogP contribution in [0.15, 0.2) is 53.1 Å². The van der Waals surface area contributed by atoms with E-state index in [9.17, 15) is 4.79 Å². The maximum absolute atomic E-state index is 12.6. The van der Waals surface area contributed by atoms with Gasteiger partial charge in [-0.05, 0) is 83.3 Å². The average molecular weight is 477 g/mol. The van der Waals surface area contributed by atoms with Gasteiger partial charge in [-0.25, -0.2) is 0 Å². The van der Waals surface area contributed by atoms with Crippen LogP contribution in [0.1, 0.15) is 50.1 Å². The Morgan fingerprint density at radius 3 is 2.66 bits per heavy atom. The number of carbonyl (C=O) groups is 1. The highest BCUT2D eigenvalue weighted by Crippen LogP contribution is 2.21. The van der Waals surface area contributed by atoms with Crippen molar-refractivity contribution in [2.75, 3.05) is 19.6 Å². The highest BCUT2D eigenvalue weighted by atomic mass is 16.5. The second-order valence-electron chi connectivity index (χ2n) is 9.64. The topological polar surface area (TPSA) is 80.5 Å². The highest BCUT2D eigenvalue weighted by molar-refractivity contribution is 5.78. The molecule has 0 saturated carbocycles. The van der Waals surface area contributed by atoms with E-state index in [0.29, 0.717) is 24.8 Å². The van der Waals surface area contributed by atoms with Crippen molar-refractivity contribution < 1.29 is 14.1 Å². The molecule has 0 unspecified atom stereocenters. The van der Waals surface area contributed by atoms with Crippen LogP contribution in [-0.2, 0) is 17.8 Å². The molecule has 1 N–H and O–H groups in total. The molecule has 4 rings (SSSR count). The van der Waals surface area contributed by atoms with Gasteiger partial charge in [-0.15, -0.1) is 0 Å². The van der Waals surface area contributed by atoms with Crippen molar-refractivity contribution in [2.45, 2.75) is 59.1 Å². The zero-order valence-corrected chi connectivity index (χ0v) is 21.0. The summed E-state index contributed by atoms with van der Waals surface area (Å²) in [7, 11) is 0. The molecule has 1 aliphatic heterocycles. The molecule has 0 radical (unpaired) electrons. The van der Waals surface area contributed by atoms with Crippen LogP contribution >= 0.6 is 0 Å². The summed E-state index contributed by atoms with van der Waals surface area (Å²) in [5.74, 6) is 2.38. The second-order valence-corrected chi connectivity index (χ2v) is 9.64. The smallest absolute Gasteiger partial charge is 0.241 e. The molecular weight excluding hydrogens is 440 g/mol. The summed E-state index contributed by atoms with van der Waals surface area (Å²) < 4.78 is 11.2. The van der Waals surface area contributed by atoms with Gasteiger partial charge in [0.05, 0.1) is 12.6 Å². The monoisotopic (exact) mass is 476 g/mol. The Morgan fingerprint density at radius 2 is 1.94 bits per heavy atom. The average Bonchev–Trinajstić information content (AvgIpc) is 3.31. The van der Waals surface area contributed by atoms with E-state index in [0.717, 1.165) is 50.1 Å². The van der Waals surface area contributed by atoms with Gasteiger partial charge >= 0.3 is 0 Å². The van der Waals surface area contributed by atoms with Crippen LogP contribution in [0.2, 0.25) is 0 Å². The quantitative estimate of drug-likeness (QED) is 0.424. The van der Waals surface area contributed by atoms with Crippen molar-refractivity contribution in [1.29, 1.82) is 0 Å². The van der Waals surface area contributed by atoms with Crippen LogP contribution in [0, 0.1) is 12.8 Å². The fraction of sp³-hybridized carbons (Fsp3) is 0.464. The predicted molar refractivity (Wildman–Crippen MR) is 136 cm³/mol. The molecular formula is C28H36N4O3. The Labute approximate surface area is 207 Å². The molecule has 0 bridgehead atoms. The molecule has 1 fully saturated rings. The van der Waals surface area contributed by atoms with Crippen LogP contribution in [0.3, 0.4) is 0 Å². The lowest BCUT2D eigenvalue weighted by molar-refractivity contribution is -0.126. The predicted octanol–water partition coefficient (Wildman–Crippen LogP) is 4.79. The molecule has 0 spiro atoms. The Balaban J connectivity index is 1.14. The number of aryl methyl sites for hydroxylation is 2. The van der Waals surface area contributed by atoms with E-state index in [2.05, 4.69) is 38.6 Å². The molecule has 2 aromatic carbocycles. The molecule has 0 atom stereocenters. The SMILES string of the molecule is Cc1cccc(-c2noc(CN3CCC(C(=O)NCCCc4ccc(OC(C)C)cc4)CC3)n2)c1. The number of nitrogens with one attached hydrogen (secondary N) is 1. The minimum Gasteiger partial charge on any atom is -0.491 e. The normalized spacial score (nSPS) is 14.9. The highest BCUT2D eigenvalue weighted by Gasteiger charge is 2.25. The molecule has 1 saturated heterocycles. The number of amides is 1. The maximum atomic E-state index is 12.6. The van der Waals surface area contributed by atoms with Gasteiger partial charge in [0.1, 0.15) is 5.75 Å². The number of rotatable bonds is 10. The summed E-state index contributed by atoms with van der Waals surface area (Å²) in [6.45, 7) is 9.12. The van der Waals surface area contributed by atoms with Crippen molar-refractivity contribution in [3.8, 4) is 17.1 Å². The molecule has 1 aliphatic rings. The molecule has 3 aromatic rings. The van der Waals surface area contributed by atoms with Crippen molar-refractivity contribution in [3.05, 3.63) is 65.5 Å². The third kappa shape index (κ3) is 7.39. The van der Waals surface area contributed by atoms with E-state index in [1.807, 2.05) is 51.1 Å². The third-order valence-electron chi connectivity index (χ3n) is 6.30. The third-order valence-corrected chi connectivity index (χ3v) is 6.30. The Bertz CT molecular complexity index is 1090. The summed E-state index contributed by atoms with van der Waals surface area (Å²) in [4.78, 5) is 19.5. The first-order valence-electron chi connectivity index (χ1n) is 12.6. The van der Waals surface area contributed by atoms with Crippen LogP contribution < -0.4 is 10.1 Å². The van der Waals surface area contributed by atoms with Gasteiger partial charge in [-0.1, -0.05) is 41.1 Å². The van der Waals surface area contributed by atoms with Gasteiger partial charge in [0.25, 0.3) is 0 Å². The number of hydrogen-bond donors (Lipinski definition) is 1. The second kappa shape index (κ2) is 12.0. The van der Waals surface area contributed by atoms with Gasteiger partial charge in [-0.3, -0.25) is 9.69 Å². The number of likely N-dealkylation sites (tertiary alicyclic amines) is 1. The lowest BCUT2D eigenvalue weighted by atomic mass is 9.96. The zero-order valence-electron chi connectivity index (χ0n) is 21.0. The molecule has 1 aromatic heterocycles. The molecule has 7 nitrogen and oxygen atoms in total. The lowest BCUT2D eigenvalue weighted by Crippen LogP contribution is -2.40. The maximum Gasteiger partial charge on any atom is 0.241 e. The summed E-state index contributed by atoms with van der Waals surface area (Å²) in [6.07, 6.45) is 3.74. The number of ether oxygens (including phenoxy) is 1. The van der Waals surface area contributed by atoms with Crippen LogP contribution in [0.5, 0.6) is 5.75 Å². The molecule has 0 aliphatic carbocycles. The number of aromatic nitrogens is 2. The van der Waals surface area contributed by atoms with Crippen LogP contribution in [0.4, 0.5) is 0 Å². The summed E-state index contributed by atoms with van der Waals surface area (Å²) in [5.41, 5.74) is 3.39. The number of piperidine rings is 1.